The van der Waals surface area contributed by atoms with E-state index in [1.807, 2.05) is 42.6 Å². The summed E-state index contributed by atoms with van der Waals surface area (Å²) < 4.78 is 2.40. The van der Waals surface area contributed by atoms with Gasteiger partial charge in [-0.1, -0.05) is 182 Å². The van der Waals surface area contributed by atoms with Crippen LogP contribution < -0.4 is 0 Å². The van der Waals surface area contributed by atoms with Crippen molar-refractivity contribution < 1.29 is 0 Å². The third-order valence-corrected chi connectivity index (χ3v) is 13.3. The van der Waals surface area contributed by atoms with Gasteiger partial charge in [-0.25, -0.2) is 15.0 Å². The largest absolute Gasteiger partial charge is 0.309 e. The Bertz CT molecular complexity index is 3730. The summed E-state index contributed by atoms with van der Waals surface area (Å²) in [5.74, 6) is 1.75. The average Bonchev–Trinajstić information content (AvgIpc) is 3.98. The van der Waals surface area contributed by atoms with Crippen molar-refractivity contribution in [2.24, 2.45) is 0 Å². The van der Waals surface area contributed by atoms with E-state index in [0.717, 1.165) is 73.4 Å². The Morgan fingerprint density at radius 3 is 1.47 bits per heavy atom. The normalized spacial score (nSPS) is 11.8. The summed E-state index contributed by atoms with van der Waals surface area (Å²) in [6, 6.07) is 81.4. The van der Waals surface area contributed by atoms with Crippen molar-refractivity contribution in [3.8, 4) is 95.6 Å². The van der Waals surface area contributed by atoms with Crippen LogP contribution in [-0.2, 0) is 6.42 Å². The highest BCUT2D eigenvalue weighted by atomic mass is 15.0. The summed E-state index contributed by atoms with van der Waals surface area (Å²) in [5.41, 5.74) is 19.6. The molecule has 9 aromatic carbocycles. The predicted molar refractivity (Wildman–Crippen MR) is 278 cm³/mol. The fourth-order valence-corrected chi connectivity index (χ4v) is 10.2. The molecule has 0 spiro atoms. The van der Waals surface area contributed by atoms with Crippen molar-refractivity contribution in [2.75, 3.05) is 0 Å². The smallest absolute Gasteiger partial charge is 0.166 e. The molecule has 318 valence electrons. The first kappa shape index (κ1) is 39.3. The van der Waals surface area contributed by atoms with Gasteiger partial charge in [-0.05, 0) is 105 Å². The molecule has 0 amide bonds. The van der Waals surface area contributed by atoms with Gasteiger partial charge in [0.2, 0.25) is 0 Å². The molecule has 0 radical (unpaired) electrons. The average molecular weight is 868 g/mol. The second-order valence-electron chi connectivity index (χ2n) is 17.4. The zero-order valence-electron chi connectivity index (χ0n) is 37.0. The zero-order chi connectivity index (χ0) is 45.0. The molecule has 0 saturated carbocycles. The van der Waals surface area contributed by atoms with E-state index in [0.29, 0.717) is 17.5 Å². The highest BCUT2D eigenvalue weighted by Crippen LogP contribution is 2.50. The van der Waals surface area contributed by atoms with E-state index in [9.17, 15) is 0 Å². The number of aromatic nitrogens is 5. The molecule has 1 aliphatic carbocycles. The van der Waals surface area contributed by atoms with Gasteiger partial charge in [-0.15, -0.1) is 0 Å². The second-order valence-corrected chi connectivity index (χ2v) is 17.4. The van der Waals surface area contributed by atoms with Crippen LogP contribution in [0.2, 0.25) is 0 Å². The molecule has 0 saturated heterocycles. The summed E-state index contributed by atoms with van der Waals surface area (Å²) in [7, 11) is 0. The summed E-state index contributed by atoms with van der Waals surface area (Å²) >= 11 is 0. The lowest BCUT2D eigenvalue weighted by atomic mass is 9.90. The molecule has 1 aliphatic rings. The van der Waals surface area contributed by atoms with E-state index in [2.05, 4.69) is 199 Å². The molecule has 5 nitrogen and oxygen atoms in total. The van der Waals surface area contributed by atoms with Crippen LogP contribution in [0.3, 0.4) is 0 Å². The lowest BCUT2D eigenvalue weighted by Gasteiger charge is -2.17. The number of hydrogen-bond donors (Lipinski definition) is 0. The number of hydrogen-bond acceptors (Lipinski definition) is 4. The van der Waals surface area contributed by atoms with Crippen LogP contribution in [0.25, 0.3) is 117 Å². The minimum absolute atomic E-state index is 0.555. The number of nitrogens with zero attached hydrogens (tertiary/aromatic N) is 5. The molecule has 12 aromatic rings. The molecule has 3 aromatic heterocycles. The minimum atomic E-state index is 0.555. The highest BCUT2D eigenvalue weighted by Gasteiger charge is 2.29. The molecule has 0 unspecified atom stereocenters. The number of benzene rings is 9. The Hall–Kier alpha value is -9.06. The molecule has 68 heavy (non-hydrogen) atoms. The van der Waals surface area contributed by atoms with Gasteiger partial charge in [-0.3, -0.25) is 4.98 Å². The maximum Gasteiger partial charge on any atom is 0.166 e. The van der Waals surface area contributed by atoms with Crippen molar-refractivity contribution in [2.45, 2.75) is 6.42 Å². The van der Waals surface area contributed by atoms with Crippen LogP contribution >= 0.6 is 0 Å². The number of fused-ring (bicyclic) bond motifs is 7. The van der Waals surface area contributed by atoms with Gasteiger partial charge in [0.05, 0.1) is 16.7 Å². The van der Waals surface area contributed by atoms with Gasteiger partial charge in [0.1, 0.15) is 0 Å². The minimum Gasteiger partial charge on any atom is -0.309 e. The Balaban J connectivity index is 1.09. The fraction of sp³-hybridized carbons (Fsp3) is 0.0159. The van der Waals surface area contributed by atoms with Gasteiger partial charge < -0.3 is 4.57 Å². The van der Waals surface area contributed by atoms with Crippen molar-refractivity contribution in [3.05, 3.63) is 248 Å². The van der Waals surface area contributed by atoms with Crippen molar-refractivity contribution in [3.63, 3.8) is 0 Å². The molecule has 13 rings (SSSR count). The summed E-state index contributed by atoms with van der Waals surface area (Å²) in [6.07, 6.45) is 2.86. The SMILES string of the molecule is c1ccc(-c2cc(-c3ccccc3)cc(-c3cnc(-c4cccc5c4-c4c(ccc6c4c4ccccc4n6-c4ccccc4)C5)c(-c4nc(-c5ccccc5)nc(-c5ccccc5)n4)c3)c2)cc1. The molecular formula is C63H41N5. The maximum absolute atomic E-state index is 5.55. The Labute approximate surface area is 394 Å². The molecule has 0 N–H and O–H groups in total. The summed E-state index contributed by atoms with van der Waals surface area (Å²) in [4.78, 5) is 21.4. The molecule has 5 heteroatoms. The Kier molecular flexibility index (Phi) is 9.50. The van der Waals surface area contributed by atoms with E-state index >= 15 is 0 Å². The standard InChI is InChI=1S/C63H41N5/c1-6-19-41(20-7-1)47-36-48(42-21-8-2-9-22-42)38-49(37-47)50-39-54(63-66-61(43-23-10-3-11-24-43)65-62(67-63)44-25-12-4-13-26-44)60(64-40-50)53-31-18-27-45-35-46-33-34-56-59(58(46)57(45)53)52-30-16-17-32-55(52)68(56)51-28-14-5-15-29-51/h1-34,36-40H,35H2. The van der Waals surface area contributed by atoms with E-state index < -0.39 is 0 Å². The Morgan fingerprint density at radius 2 is 0.853 bits per heavy atom. The monoisotopic (exact) mass is 867 g/mol. The van der Waals surface area contributed by atoms with Crippen LogP contribution in [0.1, 0.15) is 11.1 Å². The first-order valence-corrected chi connectivity index (χ1v) is 23.1. The maximum atomic E-state index is 5.55. The lowest BCUT2D eigenvalue weighted by molar-refractivity contribution is 1.07. The first-order chi connectivity index (χ1) is 33.7. The van der Waals surface area contributed by atoms with Crippen LogP contribution in [0.4, 0.5) is 0 Å². The molecule has 0 atom stereocenters. The van der Waals surface area contributed by atoms with E-state index in [-0.39, 0.29) is 0 Å². The fourth-order valence-electron chi connectivity index (χ4n) is 10.2. The molecular weight excluding hydrogens is 827 g/mol. The van der Waals surface area contributed by atoms with Crippen LogP contribution in [0.15, 0.2) is 237 Å². The van der Waals surface area contributed by atoms with Crippen molar-refractivity contribution >= 4 is 21.8 Å². The third-order valence-electron chi connectivity index (χ3n) is 13.3. The molecule has 0 bridgehead atoms. The summed E-state index contributed by atoms with van der Waals surface area (Å²) in [6.45, 7) is 0. The van der Waals surface area contributed by atoms with Gasteiger partial charge in [0.25, 0.3) is 0 Å². The van der Waals surface area contributed by atoms with Gasteiger partial charge in [-0.2, -0.15) is 0 Å². The Morgan fingerprint density at radius 1 is 0.338 bits per heavy atom. The van der Waals surface area contributed by atoms with Crippen LogP contribution in [-0.4, -0.2) is 24.5 Å². The van der Waals surface area contributed by atoms with Crippen LogP contribution in [0.5, 0.6) is 0 Å². The number of rotatable bonds is 8. The van der Waals surface area contributed by atoms with Crippen molar-refractivity contribution in [1.29, 1.82) is 0 Å². The van der Waals surface area contributed by atoms with Gasteiger partial charge in [0, 0.05) is 50.5 Å². The zero-order valence-corrected chi connectivity index (χ0v) is 37.0. The van der Waals surface area contributed by atoms with Crippen LogP contribution in [0, 0.1) is 0 Å². The van der Waals surface area contributed by atoms with Crippen molar-refractivity contribution in [1.82, 2.24) is 24.5 Å². The lowest BCUT2D eigenvalue weighted by Crippen LogP contribution is -2.02. The first-order valence-electron chi connectivity index (χ1n) is 23.1. The molecule has 0 aliphatic heterocycles. The molecule has 0 fully saturated rings. The van der Waals surface area contributed by atoms with Gasteiger partial charge >= 0.3 is 0 Å². The predicted octanol–water partition coefficient (Wildman–Crippen LogP) is 15.6. The second kappa shape index (κ2) is 16.4. The highest BCUT2D eigenvalue weighted by molar-refractivity contribution is 6.19. The number of para-hydroxylation sites is 2. The van der Waals surface area contributed by atoms with E-state index in [1.165, 1.54) is 44.1 Å². The van der Waals surface area contributed by atoms with E-state index in [1.54, 1.807) is 0 Å². The summed E-state index contributed by atoms with van der Waals surface area (Å²) in [5, 5.41) is 2.47. The van der Waals surface area contributed by atoms with Gasteiger partial charge in [0.15, 0.2) is 17.5 Å². The van der Waals surface area contributed by atoms with E-state index in [4.69, 9.17) is 19.9 Å². The third kappa shape index (κ3) is 6.79. The molecule has 3 heterocycles. The quantitative estimate of drug-likeness (QED) is 0.153. The number of pyridine rings is 1. The topological polar surface area (TPSA) is 56.5 Å².